The van der Waals surface area contributed by atoms with Crippen LogP contribution in [0.15, 0.2) is 0 Å². The minimum Gasteiger partial charge on any atom is -0.481 e. The first-order chi connectivity index (χ1) is 9.89. The maximum atomic E-state index is 12.3. The number of hydrogen-bond acceptors (Lipinski definition) is 3. The van der Waals surface area contributed by atoms with E-state index in [-0.39, 0.29) is 12.1 Å². The minimum absolute atomic E-state index is 0.189. The van der Waals surface area contributed by atoms with Crippen LogP contribution in [-0.2, 0) is 4.79 Å². The van der Waals surface area contributed by atoms with Gasteiger partial charge in [-0.05, 0) is 39.0 Å². The fourth-order valence-electron chi connectivity index (χ4n) is 3.32. The maximum Gasteiger partial charge on any atom is 0.317 e. The molecule has 3 atom stereocenters. The summed E-state index contributed by atoms with van der Waals surface area (Å²) in [4.78, 5) is 25.3. The third-order valence-electron chi connectivity index (χ3n) is 4.74. The van der Waals surface area contributed by atoms with E-state index in [1.54, 1.807) is 11.8 Å². The van der Waals surface area contributed by atoms with Gasteiger partial charge in [-0.15, -0.1) is 0 Å². The Labute approximate surface area is 125 Å². The number of aliphatic hydroxyl groups is 1. The standard InChI is InChI=1S/C15H26N2O4/c1-15(21)7-4-9-17(10-8-15)14(20)16-12-6-3-2-5-11(12)13(18)19/h11-12,21H,2-10H2,1H3,(H,16,20)(H,18,19). The van der Waals surface area contributed by atoms with Gasteiger partial charge >= 0.3 is 12.0 Å². The molecule has 0 aromatic rings. The molecule has 21 heavy (non-hydrogen) atoms. The first-order valence-corrected chi connectivity index (χ1v) is 7.90. The summed E-state index contributed by atoms with van der Waals surface area (Å²) in [5, 5.41) is 22.2. The molecule has 1 saturated carbocycles. The average molecular weight is 298 g/mol. The van der Waals surface area contributed by atoms with E-state index in [2.05, 4.69) is 5.32 Å². The number of carbonyl (C=O) groups is 2. The summed E-state index contributed by atoms with van der Waals surface area (Å²) in [7, 11) is 0. The molecular weight excluding hydrogens is 272 g/mol. The molecule has 1 aliphatic heterocycles. The number of amides is 2. The summed E-state index contributed by atoms with van der Waals surface area (Å²) in [5.41, 5.74) is -0.705. The van der Waals surface area contributed by atoms with Gasteiger partial charge in [0.15, 0.2) is 0 Å². The van der Waals surface area contributed by atoms with Crippen LogP contribution in [0.5, 0.6) is 0 Å². The number of rotatable bonds is 2. The van der Waals surface area contributed by atoms with Crippen molar-refractivity contribution >= 4 is 12.0 Å². The van der Waals surface area contributed by atoms with Crippen LogP contribution in [0.4, 0.5) is 4.79 Å². The van der Waals surface area contributed by atoms with Crippen molar-refractivity contribution in [2.75, 3.05) is 13.1 Å². The Balaban J connectivity index is 1.92. The van der Waals surface area contributed by atoms with E-state index in [4.69, 9.17) is 0 Å². The Bertz CT molecular complexity index is 397. The molecule has 2 aliphatic rings. The van der Waals surface area contributed by atoms with Crippen LogP contribution in [0.2, 0.25) is 0 Å². The zero-order valence-corrected chi connectivity index (χ0v) is 12.7. The molecule has 6 nitrogen and oxygen atoms in total. The zero-order chi connectivity index (χ0) is 15.5. The summed E-state index contributed by atoms with van der Waals surface area (Å²) in [5.74, 6) is -1.29. The highest BCUT2D eigenvalue weighted by atomic mass is 16.4. The third kappa shape index (κ3) is 4.33. The Morgan fingerprint density at radius 3 is 2.57 bits per heavy atom. The molecule has 3 unspecified atom stereocenters. The lowest BCUT2D eigenvalue weighted by Gasteiger charge is -2.31. The van der Waals surface area contributed by atoms with Gasteiger partial charge in [0.25, 0.3) is 0 Å². The highest BCUT2D eigenvalue weighted by Gasteiger charge is 2.33. The summed E-state index contributed by atoms with van der Waals surface area (Å²) in [6.07, 6.45) is 5.27. The summed E-state index contributed by atoms with van der Waals surface area (Å²) >= 11 is 0. The van der Waals surface area contributed by atoms with Crippen LogP contribution in [0, 0.1) is 5.92 Å². The zero-order valence-electron chi connectivity index (χ0n) is 12.7. The molecule has 0 bridgehead atoms. The lowest BCUT2D eigenvalue weighted by molar-refractivity contribution is -0.143. The fourth-order valence-corrected chi connectivity index (χ4v) is 3.32. The summed E-state index contributed by atoms with van der Waals surface area (Å²) in [6, 6.07) is -0.460. The van der Waals surface area contributed by atoms with Crippen LogP contribution in [0.25, 0.3) is 0 Å². The normalized spacial score (nSPS) is 34.1. The summed E-state index contributed by atoms with van der Waals surface area (Å²) in [6.45, 7) is 2.94. The van der Waals surface area contributed by atoms with Crippen molar-refractivity contribution < 1.29 is 19.8 Å². The lowest BCUT2D eigenvalue weighted by Crippen LogP contribution is -2.50. The van der Waals surface area contributed by atoms with Gasteiger partial charge in [-0.1, -0.05) is 12.8 Å². The van der Waals surface area contributed by atoms with E-state index in [9.17, 15) is 19.8 Å². The molecular formula is C15H26N2O4. The number of nitrogens with one attached hydrogen (secondary N) is 1. The number of carboxylic acid groups (broad SMARTS) is 1. The predicted molar refractivity (Wildman–Crippen MR) is 78.0 cm³/mol. The minimum atomic E-state index is -0.821. The van der Waals surface area contributed by atoms with Crippen LogP contribution >= 0.6 is 0 Å². The molecule has 1 heterocycles. The van der Waals surface area contributed by atoms with Crippen LogP contribution in [0.3, 0.4) is 0 Å². The maximum absolute atomic E-state index is 12.3. The van der Waals surface area contributed by atoms with E-state index in [1.807, 2.05) is 0 Å². The molecule has 2 amide bonds. The van der Waals surface area contributed by atoms with Crippen molar-refractivity contribution in [2.24, 2.45) is 5.92 Å². The largest absolute Gasteiger partial charge is 0.481 e. The number of urea groups is 1. The molecule has 0 aromatic heterocycles. The van der Waals surface area contributed by atoms with Gasteiger partial charge in [0.1, 0.15) is 0 Å². The van der Waals surface area contributed by atoms with Crippen molar-refractivity contribution in [3.05, 3.63) is 0 Å². The van der Waals surface area contributed by atoms with Gasteiger partial charge in [-0.3, -0.25) is 4.79 Å². The van der Waals surface area contributed by atoms with E-state index < -0.39 is 17.5 Å². The Hall–Kier alpha value is -1.30. The van der Waals surface area contributed by atoms with Gasteiger partial charge in [0, 0.05) is 19.1 Å². The quantitative estimate of drug-likeness (QED) is 0.722. The smallest absolute Gasteiger partial charge is 0.317 e. The van der Waals surface area contributed by atoms with Crippen molar-refractivity contribution in [3.8, 4) is 0 Å². The summed E-state index contributed by atoms with van der Waals surface area (Å²) < 4.78 is 0. The fraction of sp³-hybridized carbons (Fsp3) is 0.867. The predicted octanol–water partition coefficient (Wildman–Crippen LogP) is 1.58. The number of carboxylic acids is 1. The Morgan fingerprint density at radius 2 is 1.86 bits per heavy atom. The van der Waals surface area contributed by atoms with E-state index >= 15 is 0 Å². The number of aliphatic carboxylic acids is 1. The molecule has 0 spiro atoms. The Morgan fingerprint density at radius 1 is 1.14 bits per heavy atom. The molecule has 2 fully saturated rings. The molecule has 3 N–H and O–H groups in total. The van der Waals surface area contributed by atoms with Crippen molar-refractivity contribution in [1.82, 2.24) is 10.2 Å². The van der Waals surface area contributed by atoms with Crippen LogP contribution in [0.1, 0.15) is 51.9 Å². The van der Waals surface area contributed by atoms with E-state index in [0.717, 1.165) is 25.7 Å². The van der Waals surface area contributed by atoms with Gasteiger partial charge in [-0.2, -0.15) is 0 Å². The monoisotopic (exact) mass is 298 g/mol. The van der Waals surface area contributed by atoms with Crippen molar-refractivity contribution in [3.63, 3.8) is 0 Å². The average Bonchev–Trinajstić information content (AvgIpc) is 2.60. The number of hydrogen-bond donors (Lipinski definition) is 3. The van der Waals surface area contributed by atoms with Gasteiger partial charge in [0.2, 0.25) is 0 Å². The highest BCUT2D eigenvalue weighted by Crippen LogP contribution is 2.25. The second-order valence-corrected chi connectivity index (χ2v) is 6.62. The highest BCUT2D eigenvalue weighted by molar-refractivity contribution is 5.77. The van der Waals surface area contributed by atoms with Gasteiger partial charge < -0.3 is 20.4 Å². The van der Waals surface area contributed by atoms with Crippen LogP contribution in [-0.4, -0.2) is 51.8 Å². The first kappa shape index (κ1) is 16.1. The molecule has 1 saturated heterocycles. The van der Waals surface area contributed by atoms with Crippen molar-refractivity contribution in [1.29, 1.82) is 0 Å². The molecule has 0 aromatic carbocycles. The second kappa shape index (κ2) is 6.64. The van der Waals surface area contributed by atoms with E-state index in [0.29, 0.717) is 32.4 Å². The van der Waals surface area contributed by atoms with Crippen molar-refractivity contribution in [2.45, 2.75) is 63.5 Å². The molecule has 2 rings (SSSR count). The Kier molecular flexibility index (Phi) is 5.08. The van der Waals surface area contributed by atoms with E-state index in [1.165, 1.54) is 0 Å². The second-order valence-electron chi connectivity index (χ2n) is 6.62. The first-order valence-electron chi connectivity index (χ1n) is 7.90. The number of likely N-dealkylation sites (tertiary alicyclic amines) is 1. The molecule has 0 radical (unpaired) electrons. The molecule has 120 valence electrons. The molecule has 1 aliphatic carbocycles. The lowest BCUT2D eigenvalue weighted by atomic mass is 9.84. The van der Waals surface area contributed by atoms with Crippen LogP contribution < -0.4 is 5.32 Å². The number of carbonyl (C=O) groups excluding carboxylic acids is 1. The third-order valence-corrected chi connectivity index (χ3v) is 4.74. The SMILES string of the molecule is CC1(O)CCCN(C(=O)NC2CCCCC2C(=O)O)CC1. The van der Waals surface area contributed by atoms with Gasteiger partial charge in [-0.25, -0.2) is 4.79 Å². The molecule has 6 heteroatoms. The number of nitrogens with zero attached hydrogens (tertiary/aromatic N) is 1. The topological polar surface area (TPSA) is 89.9 Å². The van der Waals surface area contributed by atoms with Gasteiger partial charge in [0.05, 0.1) is 11.5 Å².